The number of aliphatic carboxylic acids is 1. The molecule has 0 bridgehead atoms. The van der Waals surface area contributed by atoms with Crippen molar-refractivity contribution in [2.75, 3.05) is 5.32 Å². The molecule has 0 fully saturated rings. The summed E-state index contributed by atoms with van der Waals surface area (Å²) < 4.78 is 19.8. The highest BCUT2D eigenvalue weighted by Crippen LogP contribution is 2.40. The molecule has 8 heteroatoms. The molecule has 0 aliphatic carbocycles. The molecule has 0 saturated heterocycles. The molecule has 1 aliphatic heterocycles. The number of hydrogen-bond acceptors (Lipinski definition) is 4. The summed E-state index contributed by atoms with van der Waals surface area (Å²) in [6.07, 6.45) is -1.39. The lowest BCUT2D eigenvalue weighted by Crippen LogP contribution is -2.30. The number of amides is 2. The molecule has 1 aliphatic rings. The molecule has 3 aromatic carbocycles. The molecule has 7 nitrogen and oxygen atoms in total. The molecule has 3 aromatic rings. The Hall–Kier alpha value is -4.04. The summed E-state index contributed by atoms with van der Waals surface area (Å²) in [6.45, 7) is 9.49. The Balaban J connectivity index is 1.78. The lowest BCUT2D eigenvalue weighted by molar-refractivity contribution is -0.160. The van der Waals surface area contributed by atoms with Crippen LogP contribution in [0.25, 0.3) is 0 Å². The summed E-state index contributed by atoms with van der Waals surface area (Å²) >= 11 is 0. The fraction of sp³-hybridized carbons (Fsp3) is 0.323. The molecule has 1 heterocycles. The molecular formula is C31H33FN2O5. The summed E-state index contributed by atoms with van der Waals surface area (Å²) in [5, 5.41) is 13.1. The van der Waals surface area contributed by atoms with E-state index in [2.05, 4.69) is 5.32 Å². The zero-order valence-electron chi connectivity index (χ0n) is 22.8. The fourth-order valence-corrected chi connectivity index (χ4v) is 5.10. The van der Waals surface area contributed by atoms with Crippen LogP contribution < -0.4 is 5.32 Å². The van der Waals surface area contributed by atoms with Gasteiger partial charge in [0.15, 0.2) is 6.10 Å². The molecule has 204 valence electrons. The number of anilines is 1. The van der Waals surface area contributed by atoms with Crippen molar-refractivity contribution in [3.63, 3.8) is 0 Å². The second-order valence-electron chi connectivity index (χ2n) is 10.8. The molecular weight excluding hydrogens is 499 g/mol. The van der Waals surface area contributed by atoms with Gasteiger partial charge in [0.25, 0.3) is 5.91 Å². The Morgan fingerprint density at radius 3 is 2.23 bits per heavy atom. The van der Waals surface area contributed by atoms with Crippen molar-refractivity contribution in [2.45, 2.75) is 65.8 Å². The summed E-state index contributed by atoms with van der Waals surface area (Å²) in [7, 11) is 0. The Bertz CT molecular complexity index is 1430. The fourth-order valence-electron chi connectivity index (χ4n) is 5.10. The van der Waals surface area contributed by atoms with Gasteiger partial charge in [-0.05, 0) is 98.3 Å². The van der Waals surface area contributed by atoms with Crippen molar-refractivity contribution >= 4 is 23.5 Å². The van der Waals surface area contributed by atoms with E-state index < -0.39 is 23.5 Å². The lowest BCUT2D eigenvalue weighted by Gasteiger charge is -2.29. The van der Waals surface area contributed by atoms with Gasteiger partial charge < -0.3 is 20.1 Å². The highest BCUT2D eigenvalue weighted by atomic mass is 19.1. The molecule has 0 radical (unpaired) electrons. The first-order valence-electron chi connectivity index (χ1n) is 12.8. The van der Waals surface area contributed by atoms with E-state index in [-0.39, 0.29) is 36.9 Å². The minimum Gasteiger partial charge on any atom is -0.479 e. The zero-order chi connectivity index (χ0) is 28.5. The monoisotopic (exact) mass is 532 g/mol. The van der Waals surface area contributed by atoms with Crippen molar-refractivity contribution in [3.8, 4) is 0 Å². The molecule has 0 unspecified atom stereocenters. The van der Waals surface area contributed by atoms with E-state index in [0.29, 0.717) is 22.4 Å². The van der Waals surface area contributed by atoms with Gasteiger partial charge in [-0.1, -0.05) is 24.3 Å². The number of nitrogens with one attached hydrogen (secondary N) is 1. The smallest absolute Gasteiger partial charge is 0.337 e. The average Bonchev–Trinajstić information content (AvgIpc) is 3.32. The maximum atomic E-state index is 13.8. The summed E-state index contributed by atoms with van der Waals surface area (Å²) in [5.74, 6) is -2.28. The second-order valence-corrected chi connectivity index (χ2v) is 10.8. The number of fused-ring (bicyclic) bond motifs is 1. The van der Waals surface area contributed by atoms with Crippen LogP contribution in [-0.2, 0) is 33.8 Å². The summed E-state index contributed by atoms with van der Waals surface area (Å²) in [6, 6.07) is 14.6. The Morgan fingerprint density at radius 2 is 1.64 bits per heavy atom. The topological polar surface area (TPSA) is 95.9 Å². The van der Waals surface area contributed by atoms with Crippen LogP contribution in [0.3, 0.4) is 0 Å². The van der Waals surface area contributed by atoms with E-state index in [0.717, 1.165) is 16.7 Å². The molecule has 39 heavy (non-hydrogen) atoms. The number of carboxylic acid groups (broad SMARTS) is 1. The third-order valence-corrected chi connectivity index (χ3v) is 6.86. The van der Waals surface area contributed by atoms with E-state index in [1.54, 1.807) is 43.9 Å². The molecule has 2 amide bonds. The number of rotatable bonds is 7. The highest BCUT2D eigenvalue weighted by Gasteiger charge is 2.36. The number of halogens is 1. The zero-order valence-corrected chi connectivity index (χ0v) is 22.8. The van der Waals surface area contributed by atoms with Gasteiger partial charge in [-0.3, -0.25) is 9.59 Å². The SMILES string of the molecule is Cc1c2c(c(C)c([C@H](OC(C)(C)C)C(=O)O)c1CC(=O)Nc1ccccc1)CN(C(=O)c1cccc(F)c1)C2. The van der Waals surface area contributed by atoms with E-state index in [1.165, 1.54) is 18.2 Å². The number of hydrogen-bond donors (Lipinski definition) is 2. The van der Waals surface area contributed by atoms with Gasteiger partial charge in [-0.25, -0.2) is 9.18 Å². The molecule has 0 saturated carbocycles. The summed E-state index contributed by atoms with van der Waals surface area (Å²) in [5.41, 5.74) is 4.19. The van der Waals surface area contributed by atoms with Gasteiger partial charge in [0.2, 0.25) is 5.91 Å². The van der Waals surface area contributed by atoms with Gasteiger partial charge >= 0.3 is 5.97 Å². The maximum Gasteiger partial charge on any atom is 0.337 e. The van der Waals surface area contributed by atoms with Crippen LogP contribution in [0.15, 0.2) is 54.6 Å². The minimum atomic E-state index is -1.32. The highest BCUT2D eigenvalue weighted by molar-refractivity contribution is 5.95. The van der Waals surface area contributed by atoms with Crippen LogP contribution in [-0.4, -0.2) is 33.4 Å². The largest absolute Gasteiger partial charge is 0.479 e. The first kappa shape index (κ1) is 28.0. The Morgan fingerprint density at radius 1 is 1.00 bits per heavy atom. The lowest BCUT2D eigenvalue weighted by atomic mass is 9.84. The van der Waals surface area contributed by atoms with E-state index >= 15 is 0 Å². The average molecular weight is 533 g/mol. The molecule has 1 atom stereocenters. The second kappa shape index (κ2) is 11.0. The number of carbonyl (C=O) groups is 3. The number of ether oxygens (including phenoxy) is 1. The normalized spacial score (nSPS) is 13.6. The van der Waals surface area contributed by atoms with Crippen LogP contribution in [0.4, 0.5) is 10.1 Å². The molecule has 2 N–H and O–H groups in total. The van der Waals surface area contributed by atoms with Crippen molar-refractivity contribution < 1.29 is 28.6 Å². The van der Waals surface area contributed by atoms with E-state index in [1.807, 2.05) is 32.0 Å². The third-order valence-electron chi connectivity index (χ3n) is 6.86. The Labute approximate surface area is 227 Å². The molecule has 4 rings (SSSR count). The number of benzene rings is 3. The predicted octanol–water partition coefficient (Wildman–Crippen LogP) is 5.72. The Kier molecular flexibility index (Phi) is 7.88. The quantitative estimate of drug-likeness (QED) is 0.406. The van der Waals surface area contributed by atoms with Crippen molar-refractivity contribution in [1.29, 1.82) is 0 Å². The number of carbonyl (C=O) groups excluding carboxylic acids is 2. The van der Waals surface area contributed by atoms with Crippen LogP contribution >= 0.6 is 0 Å². The van der Waals surface area contributed by atoms with Gasteiger partial charge in [-0.2, -0.15) is 0 Å². The molecule has 0 aromatic heterocycles. The van der Waals surface area contributed by atoms with Crippen LogP contribution in [0, 0.1) is 19.7 Å². The van der Waals surface area contributed by atoms with Crippen molar-refractivity contribution in [1.82, 2.24) is 4.90 Å². The van der Waals surface area contributed by atoms with Gasteiger partial charge in [0.05, 0.1) is 12.0 Å². The van der Waals surface area contributed by atoms with Gasteiger partial charge in [0, 0.05) is 24.3 Å². The number of para-hydroxylation sites is 1. The third kappa shape index (κ3) is 6.17. The first-order chi connectivity index (χ1) is 18.4. The van der Waals surface area contributed by atoms with Crippen molar-refractivity contribution in [3.05, 3.63) is 99.4 Å². The van der Waals surface area contributed by atoms with Gasteiger partial charge in [-0.15, -0.1) is 0 Å². The molecule has 0 spiro atoms. The van der Waals surface area contributed by atoms with E-state index in [4.69, 9.17) is 4.74 Å². The standard InChI is InChI=1S/C31H33FN2O5/c1-18-23(15-26(35)33-22-12-7-6-8-13-22)27(28(30(37)38)39-31(3,4)5)19(2)25-17-34(16-24(18)25)29(36)20-10-9-11-21(32)14-20/h6-14,28H,15-17H2,1-5H3,(H,33,35)(H,37,38)/t28-/m0/s1. The van der Waals surface area contributed by atoms with Crippen LogP contribution in [0.2, 0.25) is 0 Å². The maximum absolute atomic E-state index is 13.8. The predicted molar refractivity (Wildman–Crippen MR) is 146 cm³/mol. The van der Waals surface area contributed by atoms with Gasteiger partial charge in [0.1, 0.15) is 5.82 Å². The van der Waals surface area contributed by atoms with Crippen LogP contribution in [0.1, 0.15) is 70.6 Å². The van der Waals surface area contributed by atoms with E-state index in [9.17, 15) is 23.9 Å². The van der Waals surface area contributed by atoms with Crippen molar-refractivity contribution in [2.24, 2.45) is 0 Å². The van der Waals surface area contributed by atoms with Crippen LogP contribution in [0.5, 0.6) is 0 Å². The first-order valence-corrected chi connectivity index (χ1v) is 12.8. The summed E-state index contributed by atoms with van der Waals surface area (Å²) in [4.78, 5) is 40.6. The number of carboxylic acids is 1. The number of nitrogens with zero attached hydrogens (tertiary/aromatic N) is 1. The minimum absolute atomic E-state index is 0.0701.